The van der Waals surface area contributed by atoms with Gasteiger partial charge in [0.15, 0.2) is 0 Å². The Bertz CT molecular complexity index is 2110. The number of carbonyl (C=O) groups excluding carboxylic acids is 4. The van der Waals surface area contributed by atoms with Crippen LogP contribution >= 0.6 is 11.6 Å². The number of phenols is 1. The van der Waals surface area contributed by atoms with Crippen LogP contribution in [-0.2, 0) is 24.6 Å². The van der Waals surface area contributed by atoms with E-state index < -0.39 is 46.8 Å². The molecule has 0 aromatic heterocycles. The summed E-state index contributed by atoms with van der Waals surface area (Å²) in [6.45, 7) is 5.74. The summed E-state index contributed by atoms with van der Waals surface area (Å²) >= 11 is 6.58. The highest BCUT2D eigenvalue weighted by atomic mass is 35.5. The summed E-state index contributed by atoms with van der Waals surface area (Å²) in [5.74, 6) is -5.41. The summed E-state index contributed by atoms with van der Waals surface area (Å²) in [6.07, 6.45) is 4.07. The van der Waals surface area contributed by atoms with Crippen LogP contribution in [0, 0.1) is 30.6 Å². The van der Waals surface area contributed by atoms with Crippen LogP contribution in [0.2, 0.25) is 5.02 Å². The molecule has 2 heterocycles. The van der Waals surface area contributed by atoms with Gasteiger partial charge in [0.25, 0.3) is 11.8 Å². The number of aromatic hydroxyl groups is 1. The molecule has 8 rings (SSSR count). The van der Waals surface area contributed by atoms with Crippen LogP contribution in [0.1, 0.15) is 41.0 Å². The number of anilines is 2. The smallest absolute Gasteiger partial charge is 0.260 e. The van der Waals surface area contributed by atoms with Crippen molar-refractivity contribution in [3.05, 3.63) is 143 Å². The predicted molar refractivity (Wildman–Crippen MR) is 191 cm³/mol. The number of hydrazine groups is 1. The SMILES string of the molecule is C=Cc1ccc(N2C(=O)C3CC=C4C(CC5C(=O)N(Nc6ccc(C)cc6)C(=O)C5(c5ccccc5)C4c4cc(Cl)ccc4O)C3C2=O)cc1. The molecule has 0 spiro atoms. The van der Waals surface area contributed by atoms with Gasteiger partial charge in [0.1, 0.15) is 5.75 Å². The molecule has 1 saturated carbocycles. The molecule has 3 fully saturated rings. The number of nitrogens with one attached hydrogen (secondary N) is 1. The molecule has 4 aliphatic rings. The number of nitrogens with zero attached hydrogens (tertiary/aromatic N) is 2. The molecule has 6 atom stereocenters. The first-order valence-corrected chi connectivity index (χ1v) is 17.1. The van der Waals surface area contributed by atoms with Crippen molar-refractivity contribution in [2.75, 3.05) is 10.3 Å². The maximum absolute atomic E-state index is 15.2. The molecule has 8 nitrogen and oxygen atoms in total. The summed E-state index contributed by atoms with van der Waals surface area (Å²) in [4.78, 5) is 59.7. The summed E-state index contributed by atoms with van der Waals surface area (Å²) in [5.41, 5.74) is 6.24. The lowest BCUT2D eigenvalue weighted by atomic mass is 9.49. The van der Waals surface area contributed by atoms with E-state index in [0.29, 0.717) is 27.5 Å². The standard InChI is InChI=1S/C41H34ClN3O5/c1-3-24-11-16-28(17-12-24)44-37(47)30-19-18-29-31(35(30)39(44)49)22-33-38(48)45(43-27-14-9-23(2)10-15-27)40(50)41(33,25-7-5-4-6-8-25)36(29)32-21-26(42)13-20-34(32)46/h3-18,20-21,30-31,33,35-36,43,46H,1,19,22H2,2H3. The number of carbonyl (C=O) groups is 4. The van der Waals surface area contributed by atoms with E-state index in [1.807, 2.05) is 55.5 Å². The lowest BCUT2D eigenvalue weighted by Gasteiger charge is -2.50. The minimum atomic E-state index is -1.50. The maximum atomic E-state index is 15.2. The first-order chi connectivity index (χ1) is 24.1. The monoisotopic (exact) mass is 683 g/mol. The van der Waals surface area contributed by atoms with Crippen LogP contribution in [0.25, 0.3) is 6.08 Å². The van der Waals surface area contributed by atoms with Gasteiger partial charge in [0, 0.05) is 16.5 Å². The minimum absolute atomic E-state index is 0.0833. The van der Waals surface area contributed by atoms with E-state index in [-0.39, 0.29) is 30.4 Å². The molecule has 4 amide bonds. The Morgan fingerprint density at radius 2 is 1.60 bits per heavy atom. The molecule has 2 saturated heterocycles. The number of amides is 4. The molecular weight excluding hydrogens is 650 g/mol. The van der Waals surface area contributed by atoms with E-state index in [9.17, 15) is 19.5 Å². The van der Waals surface area contributed by atoms with Crippen LogP contribution in [0.3, 0.4) is 0 Å². The van der Waals surface area contributed by atoms with Crippen molar-refractivity contribution < 1.29 is 24.3 Å². The third-order valence-electron chi connectivity index (χ3n) is 11.1. The zero-order chi connectivity index (χ0) is 34.9. The molecule has 50 heavy (non-hydrogen) atoms. The van der Waals surface area contributed by atoms with Crippen LogP contribution in [-0.4, -0.2) is 33.7 Å². The number of imide groups is 2. The normalized spacial score (nSPS) is 27.1. The van der Waals surface area contributed by atoms with Crippen LogP contribution in [0.5, 0.6) is 5.75 Å². The third-order valence-corrected chi connectivity index (χ3v) is 11.3. The van der Waals surface area contributed by atoms with Gasteiger partial charge in [-0.05, 0) is 79.3 Å². The molecule has 0 bridgehead atoms. The van der Waals surface area contributed by atoms with E-state index in [2.05, 4.69) is 12.0 Å². The maximum Gasteiger partial charge on any atom is 0.260 e. The molecular formula is C41H34ClN3O5. The van der Waals surface area contributed by atoms with Crippen molar-refractivity contribution in [3.63, 3.8) is 0 Å². The van der Waals surface area contributed by atoms with Crippen molar-refractivity contribution in [2.24, 2.45) is 23.7 Å². The Labute approximate surface area is 294 Å². The van der Waals surface area contributed by atoms with E-state index in [1.165, 1.54) is 11.0 Å². The number of phenolic OH excluding ortho intramolecular Hbond substituents is 1. The summed E-state index contributed by atoms with van der Waals surface area (Å²) < 4.78 is 0. The van der Waals surface area contributed by atoms with E-state index in [4.69, 9.17) is 11.6 Å². The zero-order valence-electron chi connectivity index (χ0n) is 27.3. The van der Waals surface area contributed by atoms with E-state index in [0.717, 1.165) is 21.7 Å². The van der Waals surface area contributed by atoms with Gasteiger partial charge in [0.2, 0.25) is 11.8 Å². The third kappa shape index (κ3) is 4.58. The van der Waals surface area contributed by atoms with Gasteiger partial charge < -0.3 is 5.11 Å². The second-order valence-electron chi connectivity index (χ2n) is 13.6. The summed E-state index contributed by atoms with van der Waals surface area (Å²) in [7, 11) is 0. The van der Waals surface area contributed by atoms with Gasteiger partial charge >= 0.3 is 0 Å². The summed E-state index contributed by atoms with van der Waals surface area (Å²) in [5, 5.41) is 13.0. The van der Waals surface area contributed by atoms with Crippen LogP contribution in [0.15, 0.2) is 115 Å². The number of fused-ring (bicyclic) bond motifs is 4. The fourth-order valence-electron chi connectivity index (χ4n) is 8.86. The Hall–Kier alpha value is -5.47. The highest BCUT2D eigenvalue weighted by molar-refractivity contribution is 6.30. The van der Waals surface area contributed by atoms with Gasteiger partial charge in [0.05, 0.1) is 34.5 Å². The molecule has 250 valence electrons. The number of aryl methyl sites for hydroxylation is 1. The minimum Gasteiger partial charge on any atom is -0.508 e. The van der Waals surface area contributed by atoms with Crippen molar-refractivity contribution in [1.29, 1.82) is 0 Å². The quantitative estimate of drug-likeness (QED) is 0.165. The number of halogens is 1. The number of hydrogen-bond donors (Lipinski definition) is 2. The van der Waals surface area contributed by atoms with Gasteiger partial charge in [-0.1, -0.05) is 96.1 Å². The highest BCUT2D eigenvalue weighted by Crippen LogP contribution is 2.65. The van der Waals surface area contributed by atoms with Gasteiger partial charge in [-0.25, -0.2) is 0 Å². The second-order valence-corrected chi connectivity index (χ2v) is 14.0. The van der Waals surface area contributed by atoms with Gasteiger partial charge in [-0.15, -0.1) is 0 Å². The van der Waals surface area contributed by atoms with Crippen molar-refractivity contribution in [3.8, 4) is 5.75 Å². The fraction of sp³-hybridized carbons (Fsp3) is 0.220. The lowest BCUT2D eigenvalue weighted by molar-refractivity contribution is -0.138. The molecule has 4 aromatic rings. The number of hydrogen-bond acceptors (Lipinski definition) is 6. The largest absolute Gasteiger partial charge is 0.508 e. The molecule has 6 unspecified atom stereocenters. The lowest BCUT2D eigenvalue weighted by Crippen LogP contribution is -2.53. The molecule has 2 aliphatic heterocycles. The highest BCUT2D eigenvalue weighted by Gasteiger charge is 2.70. The average Bonchev–Trinajstić information content (AvgIpc) is 3.51. The molecule has 0 radical (unpaired) electrons. The number of benzene rings is 4. The predicted octanol–water partition coefficient (Wildman–Crippen LogP) is 7.19. The van der Waals surface area contributed by atoms with Crippen molar-refractivity contribution >= 4 is 52.7 Å². The fourth-order valence-corrected chi connectivity index (χ4v) is 9.04. The molecule has 9 heteroatoms. The Morgan fingerprint density at radius 3 is 2.30 bits per heavy atom. The van der Waals surface area contributed by atoms with Crippen molar-refractivity contribution in [1.82, 2.24) is 5.01 Å². The van der Waals surface area contributed by atoms with Crippen LogP contribution in [0.4, 0.5) is 11.4 Å². The molecule has 4 aromatic carbocycles. The second kappa shape index (κ2) is 11.8. The molecule has 2 N–H and O–H groups in total. The Morgan fingerprint density at radius 1 is 0.880 bits per heavy atom. The first-order valence-electron chi connectivity index (χ1n) is 16.7. The Kier molecular flexibility index (Phi) is 7.53. The first kappa shape index (κ1) is 31.8. The van der Waals surface area contributed by atoms with Crippen LogP contribution < -0.4 is 10.3 Å². The Balaban J connectivity index is 1.31. The number of rotatable bonds is 6. The van der Waals surface area contributed by atoms with Crippen molar-refractivity contribution in [2.45, 2.75) is 31.1 Å². The average molecular weight is 684 g/mol. The van der Waals surface area contributed by atoms with E-state index >= 15 is 4.79 Å². The summed E-state index contributed by atoms with van der Waals surface area (Å²) in [6, 6.07) is 28.4. The van der Waals surface area contributed by atoms with Gasteiger partial charge in [-0.3, -0.25) is 29.5 Å². The number of allylic oxidation sites excluding steroid dienone is 2. The zero-order valence-corrected chi connectivity index (χ0v) is 28.0. The topological polar surface area (TPSA) is 107 Å². The van der Waals surface area contributed by atoms with E-state index in [1.54, 1.807) is 54.6 Å². The van der Waals surface area contributed by atoms with Gasteiger partial charge in [-0.2, -0.15) is 5.01 Å². The molecule has 2 aliphatic carbocycles.